The van der Waals surface area contributed by atoms with Crippen molar-refractivity contribution in [2.45, 2.75) is 30.8 Å². The van der Waals surface area contributed by atoms with Gasteiger partial charge in [0.25, 0.3) is 10.0 Å². The number of halogens is 1. The van der Waals surface area contributed by atoms with Crippen molar-refractivity contribution < 1.29 is 8.42 Å². The van der Waals surface area contributed by atoms with Crippen LogP contribution in [0.1, 0.15) is 19.8 Å². The van der Waals surface area contributed by atoms with Crippen molar-refractivity contribution in [1.82, 2.24) is 14.3 Å². The highest BCUT2D eigenvalue weighted by Crippen LogP contribution is 2.34. The molecule has 0 amide bonds. The van der Waals surface area contributed by atoms with Crippen molar-refractivity contribution >= 4 is 21.6 Å². The summed E-state index contributed by atoms with van der Waals surface area (Å²) in [4.78, 5) is 3.80. The van der Waals surface area contributed by atoms with Crippen molar-refractivity contribution in [3.05, 3.63) is 11.5 Å². The fourth-order valence-corrected chi connectivity index (χ4v) is 3.42. The average Bonchev–Trinajstić information content (AvgIpc) is 2.85. The number of nitrogens with one attached hydrogen (secondary N) is 1. The zero-order chi connectivity index (χ0) is 11.9. The van der Waals surface area contributed by atoms with Crippen molar-refractivity contribution in [2.75, 3.05) is 0 Å². The van der Waals surface area contributed by atoms with Gasteiger partial charge in [0.2, 0.25) is 5.03 Å². The summed E-state index contributed by atoms with van der Waals surface area (Å²) in [6, 6.07) is 0.0491. The average molecular weight is 264 g/mol. The van der Waals surface area contributed by atoms with Gasteiger partial charge in [-0.3, -0.25) is 0 Å². The van der Waals surface area contributed by atoms with Gasteiger partial charge < -0.3 is 4.57 Å². The molecule has 2 atom stereocenters. The van der Waals surface area contributed by atoms with Crippen molar-refractivity contribution in [3.8, 4) is 0 Å². The predicted molar refractivity (Wildman–Crippen MR) is 60.7 cm³/mol. The van der Waals surface area contributed by atoms with Gasteiger partial charge in [0.05, 0.1) is 6.33 Å². The summed E-state index contributed by atoms with van der Waals surface area (Å²) in [6.45, 7) is 2.05. The molecule has 2 unspecified atom stereocenters. The van der Waals surface area contributed by atoms with Crippen LogP contribution in [0.5, 0.6) is 0 Å². The van der Waals surface area contributed by atoms with Crippen molar-refractivity contribution in [1.29, 1.82) is 0 Å². The minimum absolute atomic E-state index is 0.0491. The fourth-order valence-electron chi connectivity index (χ4n) is 1.67. The normalized spacial score (nSPS) is 24.7. The number of hydrogen-bond acceptors (Lipinski definition) is 3. The van der Waals surface area contributed by atoms with Crippen LogP contribution < -0.4 is 4.72 Å². The molecule has 2 rings (SSSR count). The third-order valence-corrected chi connectivity index (χ3v) is 4.82. The second-order valence-electron chi connectivity index (χ2n) is 4.08. The van der Waals surface area contributed by atoms with Crippen LogP contribution >= 0.6 is 11.6 Å². The van der Waals surface area contributed by atoms with Crippen molar-refractivity contribution in [2.24, 2.45) is 13.0 Å². The lowest BCUT2D eigenvalue weighted by molar-refractivity contribution is 0.572. The summed E-state index contributed by atoms with van der Waals surface area (Å²) in [5, 5.41) is 0.0552. The molecular weight excluding hydrogens is 250 g/mol. The third-order valence-electron chi connectivity index (χ3n) is 2.84. The molecule has 1 aromatic heterocycles. The molecule has 1 N–H and O–H groups in total. The molecule has 0 spiro atoms. The third kappa shape index (κ3) is 2.09. The number of rotatable bonds is 4. The fraction of sp³-hybridized carbons (Fsp3) is 0.667. The van der Waals surface area contributed by atoms with E-state index < -0.39 is 10.0 Å². The van der Waals surface area contributed by atoms with E-state index in [1.807, 2.05) is 6.92 Å². The maximum absolute atomic E-state index is 11.9. The highest BCUT2D eigenvalue weighted by molar-refractivity contribution is 7.89. The van der Waals surface area contributed by atoms with E-state index in [0.29, 0.717) is 5.92 Å². The van der Waals surface area contributed by atoms with Gasteiger partial charge >= 0.3 is 0 Å². The lowest BCUT2D eigenvalue weighted by Gasteiger charge is -2.03. The molecule has 0 radical (unpaired) electrons. The standard InChI is InChI=1S/C9H14ClN3O2S/c1-3-6-4-7(6)12-16(14,15)9-8(10)13(2)5-11-9/h5-7,12H,3-4H2,1-2H3. The Morgan fingerprint density at radius 3 is 2.81 bits per heavy atom. The van der Waals surface area contributed by atoms with Gasteiger partial charge in [-0.2, -0.15) is 0 Å². The number of hydrogen-bond donors (Lipinski definition) is 1. The number of imidazole rings is 1. The topological polar surface area (TPSA) is 64.0 Å². The SMILES string of the molecule is CCC1CC1NS(=O)(=O)c1ncn(C)c1Cl. The predicted octanol–water partition coefficient (Wildman–Crippen LogP) is 1.15. The first-order valence-corrected chi connectivity index (χ1v) is 7.01. The lowest BCUT2D eigenvalue weighted by Crippen LogP contribution is -2.27. The van der Waals surface area contributed by atoms with E-state index in [4.69, 9.17) is 11.6 Å². The summed E-state index contributed by atoms with van der Waals surface area (Å²) in [7, 11) is -1.91. The molecule has 0 aliphatic heterocycles. The van der Waals surface area contributed by atoms with Gasteiger partial charge in [-0.15, -0.1) is 0 Å². The van der Waals surface area contributed by atoms with Crippen LogP contribution in [0.15, 0.2) is 11.4 Å². The van der Waals surface area contributed by atoms with Gasteiger partial charge in [0, 0.05) is 13.1 Å². The molecule has 0 aromatic carbocycles. The van der Waals surface area contributed by atoms with E-state index >= 15 is 0 Å². The minimum Gasteiger partial charge on any atom is -0.324 e. The van der Waals surface area contributed by atoms with Crippen LogP contribution in [-0.2, 0) is 17.1 Å². The molecule has 16 heavy (non-hydrogen) atoms. The van der Waals surface area contributed by atoms with Crippen LogP contribution in [0.4, 0.5) is 0 Å². The molecule has 1 heterocycles. The van der Waals surface area contributed by atoms with Crippen LogP contribution in [0.3, 0.4) is 0 Å². The van der Waals surface area contributed by atoms with Gasteiger partial charge in [-0.1, -0.05) is 24.9 Å². The Kier molecular flexibility index (Phi) is 2.98. The summed E-state index contributed by atoms with van der Waals surface area (Å²) >= 11 is 5.85. The van der Waals surface area contributed by atoms with Crippen LogP contribution in [-0.4, -0.2) is 24.0 Å². The molecule has 0 saturated heterocycles. The summed E-state index contributed by atoms with van der Waals surface area (Å²) in [5.41, 5.74) is 0. The van der Waals surface area contributed by atoms with Gasteiger partial charge in [-0.25, -0.2) is 18.1 Å². The van der Waals surface area contributed by atoms with E-state index in [1.165, 1.54) is 10.9 Å². The van der Waals surface area contributed by atoms with Crippen LogP contribution in [0, 0.1) is 5.92 Å². The molecule has 1 aliphatic rings. The van der Waals surface area contributed by atoms with E-state index in [-0.39, 0.29) is 16.2 Å². The first kappa shape index (κ1) is 11.9. The Bertz CT molecular complexity index is 497. The van der Waals surface area contributed by atoms with E-state index in [9.17, 15) is 8.42 Å². The number of aromatic nitrogens is 2. The lowest BCUT2D eigenvalue weighted by atomic mass is 10.3. The molecular formula is C9H14ClN3O2S. The Morgan fingerprint density at radius 2 is 2.38 bits per heavy atom. The maximum Gasteiger partial charge on any atom is 0.261 e. The zero-order valence-corrected chi connectivity index (χ0v) is 10.7. The second kappa shape index (κ2) is 4.01. The molecule has 1 aliphatic carbocycles. The summed E-state index contributed by atoms with van der Waals surface area (Å²) < 4.78 is 27.9. The number of nitrogens with zero attached hydrogens (tertiary/aromatic N) is 2. The zero-order valence-electron chi connectivity index (χ0n) is 9.14. The van der Waals surface area contributed by atoms with E-state index in [1.54, 1.807) is 7.05 Å². The Hall–Kier alpha value is -0.590. The Balaban J connectivity index is 2.17. The van der Waals surface area contributed by atoms with Crippen LogP contribution in [0.2, 0.25) is 5.15 Å². The molecule has 90 valence electrons. The highest BCUT2D eigenvalue weighted by Gasteiger charge is 2.39. The van der Waals surface area contributed by atoms with E-state index in [2.05, 4.69) is 9.71 Å². The quantitative estimate of drug-likeness (QED) is 0.886. The van der Waals surface area contributed by atoms with E-state index in [0.717, 1.165) is 12.8 Å². The van der Waals surface area contributed by atoms with Crippen LogP contribution in [0.25, 0.3) is 0 Å². The Morgan fingerprint density at radius 1 is 1.69 bits per heavy atom. The number of sulfonamides is 1. The summed E-state index contributed by atoms with van der Waals surface area (Å²) in [6.07, 6.45) is 3.28. The molecule has 7 heteroatoms. The number of aryl methyl sites for hydroxylation is 1. The molecule has 1 saturated carbocycles. The Labute approximate surface area is 99.9 Å². The van der Waals surface area contributed by atoms with Crippen molar-refractivity contribution in [3.63, 3.8) is 0 Å². The first-order valence-electron chi connectivity index (χ1n) is 5.15. The van der Waals surface area contributed by atoms with Gasteiger partial charge in [-0.05, 0) is 12.3 Å². The second-order valence-corrected chi connectivity index (χ2v) is 6.07. The summed E-state index contributed by atoms with van der Waals surface area (Å²) in [5.74, 6) is 0.456. The maximum atomic E-state index is 11.9. The van der Waals surface area contributed by atoms with Gasteiger partial charge in [0.15, 0.2) is 0 Å². The molecule has 1 aromatic rings. The van der Waals surface area contributed by atoms with Gasteiger partial charge in [0.1, 0.15) is 5.15 Å². The first-order chi connectivity index (χ1) is 7.45. The molecule has 0 bridgehead atoms. The molecule has 5 nitrogen and oxygen atoms in total. The molecule has 1 fully saturated rings. The monoisotopic (exact) mass is 263 g/mol. The largest absolute Gasteiger partial charge is 0.324 e. The minimum atomic E-state index is -3.56. The highest BCUT2D eigenvalue weighted by atomic mass is 35.5. The smallest absolute Gasteiger partial charge is 0.261 e.